The Bertz CT molecular complexity index is 249. The molecule has 1 rings (SSSR count). The van der Waals surface area contributed by atoms with E-state index in [1.165, 1.54) is 17.2 Å². The molecule has 0 aliphatic carbocycles. The minimum absolute atomic E-state index is 0.551. The Hall–Kier alpha value is -0.0600. The number of thiazole rings is 1. The van der Waals surface area contributed by atoms with Crippen LogP contribution in [0.2, 0.25) is 0 Å². The fourth-order valence-corrected chi connectivity index (χ4v) is 2.99. The molecule has 0 aliphatic rings. The maximum atomic E-state index is 4.32. The Labute approximate surface area is 101 Å². The number of rotatable bonds is 7. The van der Waals surface area contributed by atoms with Crippen LogP contribution in [-0.4, -0.2) is 29.1 Å². The van der Waals surface area contributed by atoms with E-state index in [4.69, 9.17) is 0 Å². The van der Waals surface area contributed by atoms with Gasteiger partial charge in [0.15, 0.2) is 0 Å². The van der Waals surface area contributed by atoms with Gasteiger partial charge in [0.25, 0.3) is 0 Å². The number of nitrogens with zero attached hydrogens (tertiary/aromatic N) is 1. The first-order valence-electron chi connectivity index (χ1n) is 5.43. The van der Waals surface area contributed by atoms with E-state index in [-0.39, 0.29) is 0 Å². The van der Waals surface area contributed by atoms with E-state index in [2.05, 4.69) is 24.1 Å². The maximum absolute atomic E-state index is 4.32. The number of likely N-dealkylation sites (N-methyl/N-ethyl adjacent to an activating group) is 1. The van der Waals surface area contributed by atoms with E-state index in [0.29, 0.717) is 6.04 Å². The zero-order valence-electron chi connectivity index (χ0n) is 9.69. The summed E-state index contributed by atoms with van der Waals surface area (Å²) in [4.78, 5) is 4.32. The molecule has 1 aromatic heterocycles. The summed E-state index contributed by atoms with van der Waals surface area (Å²) in [6.45, 7) is 4.54. The van der Waals surface area contributed by atoms with Crippen molar-refractivity contribution in [3.63, 3.8) is 0 Å². The van der Waals surface area contributed by atoms with E-state index in [1.54, 1.807) is 11.3 Å². The zero-order chi connectivity index (χ0) is 11.1. The molecule has 2 unspecified atom stereocenters. The predicted octanol–water partition coefficient (Wildman–Crippen LogP) is 2.81. The minimum Gasteiger partial charge on any atom is -0.316 e. The van der Waals surface area contributed by atoms with Crippen molar-refractivity contribution in [3.8, 4) is 0 Å². The molecule has 0 aromatic carbocycles. The summed E-state index contributed by atoms with van der Waals surface area (Å²) < 4.78 is 0. The van der Waals surface area contributed by atoms with Crippen LogP contribution in [0.25, 0.3) is 0 Å². The molecular formula is C11H20N2S2. The Morgan fingerprint density at radius 1 is 1.60 bits per heavy atom. The maximum Gasteiger partial charge on any atom is 0.0940 e. The Balaban J connectivity index is 2.30. The van der Waals surface area contributed by atoms with Crippen LogP contribution in [0.15, 0.2) is 11.6 Å². The Morgan fingerprint density at radius 3 is 2.93 bits per heavy atom. The van der Waals surface area contributed by atoms with Crippen molar-refractivity contribution in [2.75, 3.05) is 12.8 Å². The van der Waals surface area contributed by atoms with Crippen LogP contribution in [0, 0.1) is 0 Å². The highest BCUT2D eigenvalue weighted by molar-refractivity contribution is 7.99. The van der Waals surface area contributed by atoms with Crippen LogP contribution in [-0.2, 0) is 6.42 Å². The van der Waals surface area contributed by atoms with Gasteiger partial charge in [-0.25, -0.2) is 4.98 Å². The average Bonchev–Trinajstić information content (AvgIpc) is 2.76. The molecule has 1 N–H and O–H groups in total. The van der Waals surface area contributed by atoms with Crippen molar-refractivity contribution in [3.05, 3.63) is 16.6 Å². The molecule has 0 fully saturated rings. The van der Waals surface area contributed by atoms with E-state index >= 15 is 0 Å². The summed E-state index contributed by atoms with van der Waals surface area (Å²) in [5.74, 6) is 1.17. The van der Waals surface area contributed by atoms with Gasteiger partial charge in [0.2, 0.25) is 0 Å². The molecule has 0 saturated heterocycles. The molecule has 0 bridgehead atoms. The highest BCUT2D eigenvalue weighted by Gasteiger charge is 2.10. The van der Waals surface area contributed by atoms with Gasteiger partial charge in [-0.05, 0) is 13.5 Å². The largest absolute Gasteiger partial charge is 0.316 e. The predicted molar refractivity (Wildman–Crippen MR) is 70.9 cm³/mol. The van der Waals surface area contributed by atoms with Gasteiger partial charge < -0.3 is 5.32 Å². The molecule has 0 radical (unpaired) electrons. The molecule has 0 amide bonds. The summed E-state index contributed by atoms with van der Waals surface area (Å²) in [7, 11) is 2.04. The highest BCUT2D eigenvalue weighted by Crippen LogP contribution is 2.17. The van der Waals surface area contributed by atoms with Gasteiger partial charge in [-0.1, -0.05) is 13.8 Å². The fourth-order valence-electron chi connectivity index (χ4n) is 1.21. The summed E-state index contributed by atoms with van der Waals surface area (Å²) in [5, 5.41) is 7.41. The standard InChI is InChI=1S/C11H20N2S2/c1-4-9(2)15-8-10(12-3)7-11-13-5-6-14-11/h5-6,9-10,12H,4,7-8H2,1-3H3. The van der Waals surface area contributed by atoms with Crippen molar-refractivity contribution in [2.45, 2.75) is 38.0 Å². The van der Waals surface area contributed by atoms with Crippen molar-refractivity contribution in [2.24, 2.45) is 0 Å². The fraction of sp³-hybridized carbons (Fsp3) is 0.727. The molecule has 4 heteroatoms. The van der Waals surface area contributed by atoms with Crippen LogP contribution in [0.3, 0.4) is 0 Å². The first-order chi connectivity index (χ1) is 7.26. The molecular weight excluding hydrogens is 224 g/mol. The van der Waals surface area contributed by atoms with E-state index < -0.39 is 0 Å². The van der Waals surface area contributed by atoms with Crippen molar-refractivity contribution < 1.29 is 0 Å². The van der Waals surface area contributed by atoms with Crippen LogP contribution >= 0.6 is 23.1 Å². The summed E-state index contributed by atoms with van der Waals surface area (Å²) in [6, 6.07) is 0.551. The van der Waals surface area contributed by atoms with Crippen LogP contribution < -0.4 is 5.32 Å². The molecule has 0 aliphatic heterocycles. The molecule has 15 heavy (non-hydrogen) atoms. The Morgan fingerprint density at radius 2 is 2.40 bits per heavy atom. The topological polar surface area (TPSA) is 24.9 Å². The summed E-state index contributed by atoms with van der Waals surface area (Å²) in [5.41, 5.74) is 0. The highest BCUT2D eigenvalue weighted by atomic mass is 32.2. The second kappa shape index (κ2) is 7.25. The SMILES string of the molecule is CCC(C)SCC(Cc1nccs1)NC. The first kappa shape index (κ1) is 13.0. The van der Waals surface area contributed by atoms with Crippen LogP contribution in [0.4, 0.5) is 0 Å². The summed E-state index contributed by atoms with van der Waals surface area (Å²) in [6.07, 6.45) is 4.19. The lowest BCUT2D eigenvalue weighted by atomic mass is 10.2. The first-order valence-corrected chi connectivity index (χ1v) is 7.36. The second-order valence-corrected chi connectivity index (χ2v) is 6.12. The average molecular weight is 244 g/mol. The third kappa shape index (κ3) is 5.00. The van der Waals surface area contributed by atoms with Gasteiger partial charge in [-0.2, -0.15) is 11.8 Å². The molecule has 1 aromatic rings. The Kier molecular flexibility index (Phi) is 6.29. The van der Waals surface area contributed by atoms with Crippen LogP contribution in [0.5, 0.6) is 0 Å². The molecule has 2 atom stereocenters. The van der Waals surface area contributed by atoms with Gasteiger partial charge >= 0.3 is 0 Å². The van der Waals surface area contributed by atoms with E-state index in [1.807, 2.05) is 30.4 Å². The monoisotopic (exact) mass is 244 g/mol. The van der Waals surface area contributed by atoms with Crippen molar-refractivity contribution in [1.82, 2.24) is 10.3 Å². The van der Waals surface area contributed by atoms with Gasteiger partial charge in [-0.3, -0.25) is 0 Å². The van der Waals surface area contributed by atoms with Crippen molar-refractivity contribution >= 4 is 23.1 Å². The number of aromatic nitrogens is 1. The van der Waals surface area contributed by atoms with Gasteiger partial charge in [0.05, 0.1) is 5.01 Å². The number of thioether (sulfide) groups is 1. The number of nitrogens with one attached hydrogen (secondary N) is 1. The number of hydrogen-bond acceptors (Lipinski definition) is 4. The lowest BCUT2D eigenvalue weighted by Gasteiger charge is -2.16. The smallest absolute Gasteiger partial charge is 0.0940 e. The van der Waals surface area contributed by atoms with Crippen molar-refractivity contribution in [1.29, 1.82) is 0 Å². The lowest BCUT2D eigenvalue weighted by Crippen LogP contribution is -2.30. The van der Waals surface area contributed by atoms with E-state index in [9.17, 15) is 0 Å². The number of hydrogen-bond donors (Lipinski definition) is 1. The third-order valence-corrected chi connectivity index (χ3v) is 4.77. The minimum atomic E-state index is 0.551. The van der Waals surface area contributed by atoms with E-state index in [0.717, 1.165) is 11.7 Å². The molecule has 0 spiro atoms. The normalized spacial score (nSPS) is 15.1. The lowest BCUT2D eigenvalue weighted by molar-refractivity contribution is 0.614. The molecule has 1 heterocycles. The quantitative estimate of drug-likeness (QED) is 0.798. The van der Waals surface area contributed by atoms with Gasteiger partial charge in [-0.15, -0.1) is 11.3 Å². The molecule has 86 valence electrons. The van der Waals surface area contributed by atoms with Gasteiger partial charge in [0, 0.05) is 35.0 Å². The molecule has 0 saturated carbocycles. The van der Waals surface area contributed by atoms with Gasteiger partial charge in [0.1, 0.15) is 0 Å². The molecule has 2 nitrogen and oxygen atoms in total. The third-order valence-electron chi connectivity index (χ3n) is 2.47. The summed E-state index contributed by atoms with van der Waals surface area (Å²) >= 11 is 3.79. The second-order valence-electron chi connectivity index (χ2n) is 3.67. The van der Waals surface area contributed by atoms with Crippen LogP contribution in [0.1, 0.15) is 25.3 Å². The zero-order valence-corrected chi connectivity index (χ0v) is 11.3.